The molecule has 2 aromatic heterocycles. The monoisotopic (exact) mass is 219 g/mol. The minimum atomic E-state index is -0.0272. The van der Waals surface area contributed by atoms with E-state index in [1.807, 2.05) is 6.07 Å². The highest BCUT2D eigenvalue weighted by Crippen LogP contribution is 2.21. The topological polar surface area (TPSA) is 67.8 Å². The van der Waals surface area contributed by atoms with E-state index in [2.05, 4.69) is 23.8 Å². The number of rotatable bonds is 4. The maximum atomic E-state index is 6.05. The summed E-state index contributed by atoms with van der Waals surface area (Å²) in [5.41, 5.74) is 7.99. The van der Waals surface area contributed by atoms with Gasteiger partial charge in [-0.3, -0.25) is 0 Å². The first-order valence-corrected chi connectivity index (χ1v) is 5.50. The van der Waals surface area contributed by atoms with Gasteiger partial charge in [0.2, 0.25) is 0 Å². The summed E-state index contributed by atoms with van der Waals surface area (Å²) in [5, 5.41) is 0. The van der Waals surface area contributed by atoms with Crippen LogP contribution in [0.25, 0.3) is 11.3 Å². The van der Waals surface area contributed by atoms with Crippen molar-refractivity contribution in [3.8, 4) is 11.3 Å². The molecule has 1 atom stereocenters. The molecule has 0 saturated heterocycles. The Labute approximate surface area is 94.9 Å². The smallest absolute Gasteiger partial charge is 0.123 e. The van der Waals surface area contributed by atoms with E-state index in [1.165, 1.54) is 0 Å². The lowest BCUT2D eigenvalue weighted by Crippen LogP contribution is -2.14. The van der Waals surface area contributed by atoms with Gasteiger partial charge in [-0.05, 0) is 18.4 Å². The second-order valence-corrected chi connectivity index (χ2v) is 4.43. The molecule has 2 aromatic rings. The predicted molar refractivity (Wildman–Crippen MR) is 62.7 cm³/mol. The molecule has 0 amide bonds. The lowest BCUT2D eigenvalue weighted by Gasteiger charge is -2.10. The van der Waals surface area contributed by atoms with Gasteiger partial charge in [-0.2, -0.15) is 0 Å². The molecule has 0 aromatic carbocycles. The molecule has 4 heteroatoms. The van der Waals surface area contributed by atoms with Crippen LogP contribution in [0, 0.1) is 5.92 Å². The van der Waals surface area contributed by atoms with Gasteiger partial charge in [0.15, 0.2) is 0 Å². The fourth-order valence-corrected chi connectivity index (χ4v) is 1.71. The van der Waals surface area contributed by atoms with Crippen LogP contribution in [-0.4, -0.2) is 9.97 Å². The number of hydrogen-bond acceptors (Lipinski definition) is 3. The van der Waals surface area contributed by atoms with Crippen molar-refractivity contribution in [2.24, 2.45) is 11.7 Å². The largest absolute Gasteiger partial charge is 0.472 e. The van der Waals surface area contributed by atoms with Crippen molar-refractivity contribution >= 4 is 0 Å². The first kappa shape index (κ1) is 11.0. The van der Waals surface area contributed by atoms with E-state index < -0.39 is 0 Å². The zero-order valence-corrected chi connectivity index (χ0v) is 9.60. The van der Waals surface area contributed by atoms with Crippen LogP contribution < -0.4 is 5.73 Å². The molecule has 2 heterocycles. The molecule has 16 heavy (non-hydrogen) atoms. The summed E-state index contributed by atoms with van der Waals surface area (Å²) in [5.74, 6) is 1.40. The molecule has 3 N–H and O–H groups in total. The van der Waals surface area contributed by atoms with Crippen molar-refractivity contribution in [1.82, 2.24) is 9.97 Å². The fourth-order valence-electron chi connectivity index (χ4n) is 1.71. The van der Waals surface area contributed by atoms with E-state index in [9.17, 15) is 0 Å². The van der Waals surface area contributed by atoms with Crippen molar-refractivity contribution < 1.29 is 4.42 Å². The van der Waals surface area contributed by atoms with E-state index in [0.29, 0.717) is 5.92 Å². The zero-order valence-electron chi connectivity index (χ0n) is 9.60. The van der Waals surface area contributed by atoms with Crippen LogP contribution >= 0.6 is 0 Å². The fraction of sp³-hybridized carbons (Fsp3) is 0.417. The first-order valence-electron chi connectivity index (χ1n) is 5.50. The van der Waals surface area contributed by atoms with Crippen LogP contribution in [0.4, 0.5) is 0 Å². The molecule has 86 valence electrons. The molecular formula is C12H17N3O. The molecule has 1 unspecified atom stereocenters. The van der Waals surface area contributed by atoms with Crippen molar-refractivity contribution in [2.45, 2.75) is 26.3 Å². The number of aromatic amines is 1. The summed E-state index contributed by atoms with van der Waals surface area (Å²) >= 11 is 0. The maximum Gasteiger partial charge on any atom is 0.123 e. The van der Waals surface area contributed by atoms with Crippen LogP contribution in [0.15, 0.2) is 29.2 Å². The van der Waals surface area contributed by atoms with Crippen LogP contribution in [0.3, 0.4) is 0 Å². The van der Waals surface area contributed by atoms with Gasteiger partial charge >= 0.3 is 0 Å². The Morgan fingerprint density at radius 2 is 2.31 bits per heavy atom. The summed E-state index contributed by atoms with van der Waals surface area (Å²) < 4.78 is 5.02. The summed E-state index contributed by atoms with van der Waals surface area (Å²) in [6.07, 6.45) is 6.05. The molecule has 0 spiro atoms. The SMILES string of the molecule is CC(C)CC(N)c1ncc(-c2ccoc2)[nH]1. The third kappa shape index (κ3) is 2.33. The third-order valence-electron chi connectivity index (χ3n) is 2.50. The van der Waals surface area contributed by atoms with E-state index in [1.54, 1.807) is 18.7 Å². The summed E-state index contributed by atoms with van der Waals surface area (Å²) in [4.78, 5) is 7.53. The van der Waals surface area contributed by atoms with Gasteiger partial charge in [0.25, 0.3) is 0 Å². The Bertz CT molecular complexity index is 431. The quantitative estimate of drug-likeness (QED) is 0.830. The second kappa shape index (κ2) is 4.53. The normalized spacial score (nSPS) is 13.2. The number of H-pyrrole nitrogens is 1. The van der Waals surface area contributed by atoms with E-state index in [0.717, 1.165) is 23.5 Å². The number of hydrogen-bond donors (Lipinski definition) is 2. The van der Waals surface area contributed by atoms with Gasteiger partial charge < -0.3 is 15.1 Å². The number of nitrogens with two attached hydrogens (primary N) is 1. The average Bonchev–Trinajstić information content (AvgIpc) is 2.87. The molecule has 0 aliphatic carbocycles. The highest BCUT2D eigenvalue weighted by atomic mass is 16.3. The lowest BCUT2D eigenvalue weighted by molar-refractivity contribution is 0.496. The van der Waals surface area contributed by atoms with E-state index >= 15 is 0 Å². The number of aromatic nitrogens is 2. The Kier molecular flexibility index (Phi) is 3.10. The summed E-state index contributed by atoms with van der Waals surface area (Å²) in [6, 6.07) is 1.87. The number of nitrogens with one attached hydrogen (secondary N) is 1. The predicted octanol–water partition coefficient (Wildman–Crippen LogP) is 2.72. The van der Waals surface area contributed by atoms with Gasteiger partial charge in [-0.15, -0.1) is 0 Å². The Hall–Kier alpha value is -1.55. The van der Waals surface area contributed by atoms with Gasteiger partial charge in [-0.1, -0.05) is 13.8 Å². The molecule has 0 radical (unpaired) electrons. The number of furan rings is 1. The lowest BCUT2D eigenvalue weighted by atomic mass is 10.0. The van der Waals surface area contributed by atoms with Gasteiger partial charge in [0.1, 0.15) is 5.82 Å². The minimum absolute atomic E-state index is 0.0272. The van der Waals surface area contributed by atoms with Crippen molar-refractivity contribution in [3.63, 3.8) is 0 Å². The van der Waals surface area contributed by atoms with Crippen LogP contribution in [0.5, 0.6) is 0 Å². The minimum Gasteiger partial charge on any atom is -0.472 e. The summed E-state index contributed by atoms with van der Waals surface area (Å²) in [7, 11) is 0. The molecule has 0 saturated carbocycles. The Morgan fingerprint density at radius 1 is 1.50 bits per heavy atom. The van der Waals surface area contributed by atoms with E-state index in [4.69, 9.17) is 10.2 Å². The second-order valence-electron chi connectivity index (χ2n) is 4.43. The molecule has 0 aliphatic heterocycles. The molecule has 0 bridgehead atoms. The van der Waals surface area contributed by atoms with Crippen molar-refractivity contribution in [3.05, 3.63) is 30.6 Å². The molecule has 4 nitrogen and oxygen atoms in total. The Balaban J connectivity index is 2.13. The molecule has 0 fully saturated rings. The molecular weight excluding hydrogens is 202 g/mol. The van der Waals surface area contributed by atoms with Crippen LogP contribution in [0.1, 0.15) is 32.1 Å². The first-order chi connectivity index (χ1) is 7.66. The zero-order chi connectivity index (χ0) is 11.5. The highest BCUT2D eigenvalue weighted by molar-refractivity contribution is 5.56. The van der Waals surface area contributed by atoms with Crippen LogP contribution in [-0.2, 0) is 0 Å². The number of imidazole rings is 1. The number of nitrogens with zero attached hydrogens (tertiary/aromatic N) is 1. The van der Waals surface area contributed by atoms with Gasteiger partial charge in [-0.25, -0.2) is 4.98 Å². The van der Waals surface area contributed by atoms with Crippen molar-refractivity contribution in [2.75, 3.05) is 0 Å². The standard InChI is InChI=1S/C12H17N3O/c1-8(2)5-10(13)12-14-6-11(15-12)9-3-4-16-7-9/h3-4,6-8,10H,5,13H2,1-2H3,(H,14,15). The van der Waals surface area contributed by atoms with E-state index in [-0.39, 0.29) is 6.04 Å². The van der Waals surface area contributed by atoms with Crippen LogP contribution in [0.2, 0.25) is 0 Å². The Morgan fingerprint density at radius 3 is 2.94 bits per heavy atom. The van der Waals surface area contributed by atoms with Crippen molar-refractivity contribution in [1.29, 1.82) is 0 Å². The maximum absolute atomic E-state index is 6.05. The van der Waals surface area contributed by atoms with Gasteiger partial charge in [0, 0.05) is 5.56 Å². The van der Waals surface area contributed by atoms with Gasteiger partial charge in [0.05, 0.1) is 30.5 Å². The molecule has 2 rings (SSSR count). The third-order valence-corrected chi connectivity index (χ3v) is 2.50. The average molecular weight is 219 g/mol. The summed E-state index contributed by atoms with van der Waals surface area (Å²) in [6.45, 7) is 4.31. The molecule has 0 aliphatic rings. The highest BCUT2D eigenvalue weighted by Gasteiger charge is 2.12.